The molecule has 1 fully saturated rings. The van der Waals surface area contributed by atoms with E-state index in [1.54, 1.807) is 36.0 Å². The van der Waals surface area contributed by atoms with Gasteiger partial charge >= 0.3 is 0 Å². The molecule has 0 aliphatic carbocycles. The van der Waals surface area contributed by atoms with Gasteiger partial charge in [-0.15, -0.1) is 0 Å². The van der Waals surface area contributed by atoms with E-state index in [1.165, 1.54) is 0 Å². The van der Waals surface area contributed by atoms with Crippen LogP contribution in [0.1, 0.15) is 17.3 Å². The number of hydrogen-bond donors (Lipinski definition) is 0. The van der Waals surface area contributed by atoms with Crippen LogP contribution in [-0.4, -0.2) is 43.0 Å². The van der Waals surface area contributed by atoms with E-state index < -0.39 is 6.04 Å². The van der Waals surface area contributed by atoms with E-state index in [0.29, 0.717) is 24.4 Å². The van der Waals surface area contributed by atoms with Crippen LogP contribution in [0.15, 0.2) is 54.6 Å². The normalized spacial score (nSPS) is 17.8. The standard InChI is InChI=1S/C19H20N2O3/c1-14-18(22)21(16-10-6-7-11-17(16)24-2)13-12-20(14)19(23)15-8-4-3-5-9-15/h3-11,14H,12-13H2,1-2H3. The van der Waals surface area contributed by atoms with Gasteiger partial charge < -0.3 is 14.5 Å². The molecule has 0 N–H and O–H groups in total. The van der Waals surface area contributed by atoms with Crippen molar-refractivity contribution in [2.45, 2.75) is 13.0 Å². The number of ether oxygens (including phenoxy) is 1. The van der Waals surface area contributed by atoms with Gasteiger partial charge in [-0.3, -0.25) is 9.59 Å². The molecular weight excluding hydrogens is 304 g/mol. The maximum Gasteiger partial charge on any atom is 0.254 e. The predicted molar refractivity (Wildman–Crippen MR) is 92.3 cm³/mol. The van der Waals surface area contributed by atoms with E-state index in [0.717, 1.165) is 5.69 Å². The van der Waals surface area contributed by atoms with Gasteiger partial charge in [-0.25, -0.2) is 0 Å². The summed E-state index contributed by atoms with van der Waals surface area (Å²) in [7, 11) is 1.59. The number of carbonyl (C=O) groups is 2. The first-order chi connectivity index (χ1) is 11.6. The fraction of sp³-hybridized carbons (Fsp3) is 0.263. The number of rotatable bonds is 3. The molecular formula is C19H20N2O3. The van der Waals surface area contributed by atoms with Crippen molar-refractivity contribution in [2.75, 3.05) is 25.1 Å². The number of nitrogens with zero attached hydrogens (tertiary/aromatic N) is 2. The number of methoxy groups -OCH3 is 1. The molecule has 1 aliphatic heterocycles. The van der Waals surface area contributed by atoms with Gasteiger partial charge in [0.1, 0.15) is 11.8 Å². The van der Waals surface area contributed by atoms with Gasteiger partial charge in [0.2, 0.25) is 5.91 Å². The summed E-state index contributed by atoms with van der Waals surface area (Å²) in [6.45, 7) is 2.70. The van der Waals surface area contributed by atoms with Crippen LogP contribution in [0.25, 0.3) is 0 Å². The minimum Gasteiger partial charge on any atom is -0.495 e. The summed E-state index contributed by atoms with van der Waals surface area (Å²) in [6, 6.07) is 16.0. The maximum absolute atomic E-state index is 12.8. The van der Waals surface area contributed by atoms with E-state index >= 15 is 0 Å². The van der Waals surface area contributed by atoms with E-state index in [4.69, 9.17) is 4.74 Å². The van der Waals surface area contributed by atoms with Crippen molar-refractivity contribution >= 4 is 17.5 Å². The SMILES string of the molecule is COc1ccccc1N1CCN(C(=O)c2ccccc2)C(C)C1=O. The zero-order valence-corrected chi connectivity index (χ0v) is 13.8. The molecule has 124 valence electrons. The molecule has 1 saturated heterocycles. The molecule has 0 spiro atoms. The lowest BCUT2D eigenvalue weighted by Crippen LogP contribution is -2.57. The van der Waals surface area contributed by atoms with Crippen LogP contribution in [0.3, 0.4) is 0 Å². The zero-order valence-electron chi connectivity index (χ0n) is 13.8. The number of para-hydroxylation sites is 2. The highest BCUT2D eigenvalue weighted by atomic mass is 16.5. The second-order valence-electron chi connectivity index (χ2n) is 5.70. The molecule has 1 atom stereocenters. The number of hydrogen-bond acceptors (Lipinski definition) is 3. The van der Waals surface area contributed by atoms with Crippen molar-refractivity contribution in [2.24, 2.45) is 0 Å². The highest BCUT2D eigenvalue weighted by Gasteiger charge is 2.36. The molecule has 24 heavy (non-hydrogen) atoms. The third-order valence-electron chi connectivity index (χ3n) is 4.31. The van der Waals surface area contributed by atoms with Crippen molar-refractivity contribution in [3.8, 4) is 5.75 Å². The molecule has 2 amide bonds. The first kappa shape index (κ1) is 16.1. The Labute approximate surface area is 141 Å². The van der Waals surface area contributed by atoms with Crippen LogP contribution in [0.4, 0.5) is 5.69 Å². The summed E-state index contributed by atoms with van der Waals surface area (Å²) in [5.41, 5.74) is 1.34. The summed E-state index contributed by atoms with van der Waals surface area (Å²) < 4.78 is 5.35. The monoisotopic (exact) mass is 324 g/mol. The topological polar surface area (TPSA) is 49.9 Å². The largest absolute Gasteiger partial charge is 0.495 e. The fourth-order valence-electron chi connectivity index (χ4n) is 2.99. The van der Waals surface area contributed by atoms with Crippen LogP contribution >= 0.6 is 0 Å². The van der Waals surface area contributed by atoms with Crippen molar-refractivity contribution in [1.29, 1.82) is 0 Å². The average Bonchev–Trinajstić information content (AvgIpc) is 2.64. The van der Waals surface area contributed by atoms with Crippen LogP contribution in [-0.2, 0) is 4.79 Å². The number of carbonyl (C=O) groups excluding carboxylic acids is 2. The number of benzene rings is 2. The van der Waals surface area contributed by atoms with Crippen molar-refractivity contribution in [3.63, 3.8) is 0 Å². The van der Waals surface area contributed by atoms with E-state index in [9.17, 15) is 9.59 Å². The molecule has 2 aromatic rings. The fourth-order valence-corrected chi connectivity index (χ4v) is 2.99. The molecule has 2 aromatic carbocycles. The quantitative estimate of drug-likeness (QED) is 0.872. The lowest BCUT2D eigenvalue weighted by Gasteiger charge is -2.39. The minimum atomic E-state index is -0.517. The minimum absolute atomic E-state index is 0.102. The second-order valence-corrected chi connectivity index (χ2v) is 5.70. The smallest absolute Gasteiger partial charge is 0.254 e. The van der Waals surface area contributed by atoms with Gasteiger partial charge in [-0.1, -0.05) is 30.3 Å². The van der Waals surface area contributed by atoms with Gasteiger partial charge in [-0.05, 0) is 31.2 Å². The third kappa shape index (κ3) is 2.85. The number of anilines is 1. The van der Waals surface area contributed by atoms with Crippen LogP contribution < -0.4 is 9.64 Å². The van der Waals surface area contributed by atoms with Gasteiger partial charge in [0, 0.05) is 18.7 Å². The third-order valence-corrected chi connectivity index (χ3v) is 4.31. The Morgan fingerprint density at radius 2 is 1.71 bits per heavy atom. The summed E-state index contributed by atoms with van der Waals surface area (Å²) in [6.07, 6.45) is 0. The van der Waals surface area contributed by atoms with Crippen molar-refractivity contribution < 1.29 is 14.3 Å². The summed E-state index contributed by atoms with van der Waals surface area (Å²) in [5, 5.41) is 0. The van der Waals surface area contributed by atoms with E-state index in [-0.39, 0.29) is 11.8 Å². The Morgan fingerprint density at radius 3 is 2.42 bits per heavy atom. The molecule has 5 heteroatoms. The van der Waals surface area contributed by atoms with E-state index in [2.05, 4.69) is 0 Å². The highest BCUT2D eigenvalue weighted by molar-refractivity contribution is 6.04. The van der Waals surface area contributed by atoms with Crippen LogP contribution in [0, 0.1) is 0 Å². The molecule has 1 heterocycles. The summed E-state index contributed by atoms with van der Waals surface area (Å²) >= 11 is 0. The lowest BCUT2D eigenvalue weighted by atomic mass is 10.1. The first-order valence-corrected chi connectivity index (χ1v) is 7.94. The Bertz CT molecular complexity index is 745. The molecule has 1 aliphatic rings. The Hall–Kier alpha value is -2.82. The van der Waals surface area contributed by atoms with Gasteiger partial charge in [0.05, 0.1) is 12.8 Å². The molecule has 0 aromatic heterocycles. The van der Waals surface area contributed by atoms with E-state index in [1.807, 2.05) is 42.5 Å². The van der Waals surface area contributed by atoms with Crippen molar-refractivity contribution in [1.82, 2.24) is 4.90 Å². The highest BCUT2D eigenvalue weighted by Crippen LogP contribution is 2.30. The summed E-state index contributed by atoms with van der Waals surface area (Å²) in [4.78, 5) is 28.8. The second kappa shape index (κ2) is 6.74. The summed E-state index contributed by atoms with van der Waals surface area (Å²) in [5.74, 6) is 0.437. The molecule has 3 rings (SSSR count). The predicted octanol–water partition coefficient (Wildman–Crippen LogP) is 2.57. The molecule has 5 nitrogen and oxygen atoms in total. The van der Waals surface area contributed by atoms with Crippen LogP contribution in [0.5, 0.6) is 5.75 Å². The maximum atomic E-state index is 12.8. The van der Waals surface area contributed by atoms with Gasteiger partial charge in [0.25, 0.3) is 5.91 Å². The number of piperazine rings is 1. The van der Waals surface area contributed by atoms with Gasteiger partial charge in [-0.2, -0.15) is 0 Å². The first-order valence-electron chi connectivity index (χ1n) is 7.94. The Balaban J connectivity index is 1.83. The lowest BCUT2D eigenvalue weighted by molar-refractivity contribution is -0.124. The Kier molecular flexibility index (Phi) is 4.51. The Morgan fingerprint density at radius 1 is 1.04 bits per heavy atom. The zero-order chi connectivity index (χ0) is 17.1. The van der Waals surface area contributed by atoms with Crippen molar-refractivity contribution in [3.05, 3.63) is 60.2 Å². The van der Waals surface area contributed by atoms with Gasteiger partial charge in [0.15, 0.2) is 0 Å². The molecule has 0 bridgehead atoms. The average molecular weight is 324 g/mol. The molecule has 1 unspecified atom stereocenters. The molecule has 0 saturated carbocycles. The molecule has 0 radical (unpaired) electrons. The van der Waals surface area contributed by atoms with Crippen LogP contribution in [0.2, 0.25) is 0 Å². The number of amides is 2.